The number of hydrogen-bond acceptors (Lipinski definition) is 4. The van der Waals surface area contributed by atoms with Gasteiger partial charge < -0.3 is 10.1 Å². The van der Waals surface area contributed by atoms with Gasteiger partial charge in [-0.3, -0.25) is 14.7 Å². The predicted molar refractivity (Wildman–Crippen MR) is 95.3 cm³/mol. The molecule has 1 aromatic carbocycles. The third-order valence-electron chi connectivity index (χ3n) is 4.64. The number of benzene rings is 1. The summed E-state index contributed by atoms with van der Waals surface area (Å²) in [5.74, 6) is -0.0435. The lowest BCUT2D eigenvalue weighted by Crippen LogP contribution is -2.55. The van der Waals surface area contributed by atoms with E-state index >= 15 is 0 Å². The van der Waals surface area contributed by atoms with E-state index in [9.17, 15) is 4.79 Å². The van der Waals surface area contributed by atoms with Gasteiger partial charge in [0.05, 0.1) is 24.3 Å². The normalized spacial score (nSPS) is 16.3. The molecule has 1 aliphatic heterocycles. The van der Waals surface area contributed by atoms with Crippen LogP contribution in [0.25, 0.3) is 10.9 Å². The van der Waals surface area contributed by atoms with Crippen molar-refractivity contribution in [3.8, 4) is 0 Å². The Bertz CT molecular complexity index is 736. The van der Waals surface area contributed by atoms with E-state index in [2.05, 4.69) is 29.0 Å². The number of aromatic nitrogens is 1. The van der Waals surface area contributed by atoms with Crippen molar-refractivity contribution in [3.63, 3.8) is 0 Å². The molecule has 1 amide bonds. The minimum absolute atomic E-state index is 0.0435. The highest BCUT2D eigenvalue weighted by atomic mass is 16.5. The smallest absolute Gasteiger partial charge is 0.252 e. The van der Waals surface area contributed by atoms with E-state index in [1.54, 1.807) is 0 Å². The number of fused-ring (bicyclic) bond motifs is 1. The Labute approximate surface area is 143 Å². The van der Waals surface area contributed by atoms with Gasteiger partial charge in [-0.15, -0.1) is 0 Å². The van der Waals surface area contributed by atoms with E-state index < -0.39 is 0 Å². The summed E-state index contributed by atoms with van der Waals surface area (Å²) < 4.78 is 5.42. The number of para-hydroxylation sites is 1. The van der Waals surface area contributed by atoms with Crippen LogP contribution in [0.5, 0.6) is 0 Å². The van der Waals surface area contributed by atoms with Crippen LogP contribution in [0, 0.1) is 6.92 Å². The first-order valence-electron chi connectivity index (χ1n) is 8.45. The van der Waals surface area contributed by atoms with Crippen LogP contribution >= 0.6 is 0 Å². The minimum atomic E-state index is -0.0999. The number of pyridine rings is 1. The highest BCUT2D eigenvalue weighted by Crippen LogP contribution is 2.19. The monoisotopic (exact) mass is 327 g/mol. The van der Waals surface area contributed by atoms with Crippen molar-refractivity contribution in [2.45, 2.75) is 26.3 Å². The molecule has 3 rings (SSSR count). The number of amides is 1. The van der Waals surface area contributed by atoms with Gasteiger partial charge in [0.2, 0.25) is 0 Å². The molecule has 1 fully saturated rings. The van der Waals surface area contributed by atoms with Gasteiger partial charge in [0.25, 0.3) is 5.91 Å². The Morgan fingerprint density at radius 2 is 2.00 bits per heavy atom. The number of carbonyl (C=O) groups is 1. The predicted octanol–water partition coefficient (Wildman–Crippen LogP) is 2.38. The largest absolute Gasteiger partial charge is 0.379 e. The summed E-state index contributed by atoms with van der Waals surface area (Å²) in [4.78, 5) is 19.6. The molecule has 0 saturated carbocycles. The molecule has 128 valence electrons. The average Bonchev–Trinajstić information content (AvgIpc) is 2.59. The van der Waals surface area contributed by atoms with Gasteiger partial charge in [-0.2, -0.15) is 0 Å². The van der Waals surface area contributed by atoms with Gasteiger partial charge in [0.15, 0.2) is 0 Å². The standard InChI is InChI=1S/C19H25N3O2/c1-14-12-16(15-6-4-5-7-17(15)21-14)18(23)20-13-19(2,3)22-8-10-24-11-9-22/h4-7,12H,8-11,13H2,1-3H3,(H,20,23). The molecule has 1 aliphatic rings. The van der Waals surface area contributed by atoms with Gasteiger partial charge in [-0.1, -0.05) is 18.2 Å². The van der Waals surface area contributed by atoms with Crippen molar-refractivity contribution in [1.82, 2.24) is 15.2 Å². The molecular weight excluding hydrogens is 302 g/mol. The zero-order chi connectivity index (χ0) is 17.2. The van der Waals surface area contributed by atoms with Crippen LogP contribution in [0.4, 0.5) is 0 Å². The highest BCUT2D eigenvalue weighted by Gasteiger charge is 2.28. The van der Waals surface area contributed by atoms with Crippen LogP contribution in [-0.2, 0) is 4.74 Å². The van der Waals surface area contributed by atoms with Crippen molar-refractivity contribution in [1.29, 1.82) is 0 Å². The van der Waals surface area contributed by atoms with E-state index in [0.29, 0.717) is 12.1 Å². The molecule has 24 heavy (non-hydrogen) atoms. The van der Waals surface area contributed by atoms with Crippen LogP contribution in [0.1, 0.15) is 29.9 Å². The maximum absolute atomic E-state index is 12.8. The third-order valence-corrected chi connectivity index (χ3v) is 4.64. The summed E-state index contributed by atoms with van der Waals surface area (Å²) in [5.41, 5.74) is 2.30. The van der Waals surface area contributed by atoms with E-state index in [1.807, 2.05) is 37.3 Å². The molecule has 0 atom stereocenters. The quantitative estimate of drug-likeness (QED) is 0.937. The minimum Gasteiger partial charge on any atom is -0.379 e. The molecule has 0 radical (unpaired) electrons. The second-order valence-electron chi connectivity index (χ2n) is 6.92. The number of ether oxygens (including phenoxy) is 1. The summed E-state index contributed by atoms with van der Waals surface area (Å²) in [6, 6.07) is 9.63. The van der Waals surface area contributed by atoms with E-state index in [1.165, 1.54) is 0 Å². The molecule has 1 saturated heterocycles. The zero-order valence-corrected chi connectivity index (χ0v) is 14.6. The highest BCUT2D eigenvalue weighted by molar-refractivity contribution is 6.06. The first-order valence-corrected chi connectivity index (χ1v) is 8.45. The molecule has 2 aromatic rings. The van der Waals surface area contributed by atoms with E-state index in [0.717, 1.165) is 42.9 Å². The number of aryl methyl sites for hydroxylation is 1. The fourth-order valence-electron chi connectivity index (χ4n) is 3.17. The Balaban J connectivity index is 1.75. The van der Waals surface area contributed by atoms with Gasteiger partial charge in [-0.05, 0) is 32.9 Å². The van der Waals surface area contributed by atoms with Crippen LogP contribution in [0.2, 0.25) is 0 Å². The summed E-state index contributed by atoms with van der Waals surface area (Å²) in [6.45, 7) is 10.2. The van der Waals surface area contributed by atoms with Gasteiger partial charge in [-0.25, -0.2) is 0 Å². The topological polar surface area (TPSA) is 54.5 Å². The van der Waals surface area contributed by atoms with Gasteiger partial charge in [0.1, 0.15) is 0 Å². The zero-order valence-electron chi connectivity index (χ0n) is 14.6. The molecule has 5 nitrogen and oxygen atoms in total. The number of nitrogens with one attached hydrogen (secondary N) is 1. The number of nitrogens with zero attached hydrogens (tertiary/aromatic N) is 2. The lowest BCUT2D eigenvalue weighted by Gasteiger charge is -2.40. The second-order valence-corrected chi connectivity index (χ2v) is 6.92. The molecule has 0 aliphatic carbocycles. The Kier molecular flexibility index (Phi) is 4.83. The van der Waals surface area contributed by atoms with E-state index in [-0.39, 0.29) is 11.4 Å². The average molecular weight is 327 g/mol. The molecule has 0 unspecified atom stereocenters. The first kappa shape index (κ1) is 16.9. The fraction of sp³-hybridized carbons (Fsp3) is 0.474. The molecule has 0 spiro atoms. The first-order chi connectivity index (χ1) is 11.5. The molecule has 2 heterocycles. The van der Waals surface area contributed by atoms with Crippen LogP contribution in [0.15, 0.2) is 30.3 Å². The molecule has 0 bridgehead atoms. The van der Waals surface area contributed by atoms with Crippen molar-refractivity contribution >= 4 is 16.8 Å². The molecule has 5 heteroatoms. The van der Waals surface area contributed by atoms with Crippen molar-refractivity contribution in [2.75, 3.05) is 32.8 Å². The number of carbonyl (C=O) groups excluding carboxylic acids is 1. The van der Waals surface area contributed by atoms with Crippen molar-refractivity contribution < 1.29 is 9.53 Å². The second kappa shape index (κ2) is 6.87. The lowest BCUT2D eigenvalue weighted by atomic mass is 10.0. The Morgan fingerprint density at radius 1 is 1.29 bits per heavy atom. The number of rotatable bonds is 4. The van der Waals surface area contributed by atoms with Crippen LogP contribution < -0.4 is 5.32 Å². The van der Waals surface area contributed by atoms with Gasteiger partial charge in [0, 0.05) is 36.3 Å². The fourth-order valence-corrected chi connectivity index (χ4v) is 3.17. The van der Waals surface area contributed by atoms with Crippen LogP contribution in [0.3, 0.4) is 0 Å². The number of morpholine rings is 1. The maximum Gasteiger partial charge on any atom is 0.252 e. The number of hydrogen-bond donors (Lipinski definition) is 1. The SMILES string of the molecule is Cc1cc(C(=O)NCC(C)(C)N2CCOCC2)c2ccccc2n1. The maximum atomic E-state index is 12.8. The lowest BCUT2D eigenvalue weighted by molar-refractivity contribution is -0.00922. The van der Waals surface area contributed by atoms with Crippen molar-refractivity contribution in [3.05, 3.63) is 41.6 Å². The summed E-state index contributed by atoms with van der Waals surface area (Å²) >= 11 is 0. The molecule has 1 N–H and O–H groups in total. The van der Waals surface area contributed by atoms with Gasteiger partial charge >= 0.3 is 0 Å². The Hall–Kier alpha value is -1.98. The third kappa shape index (κ3) is 3.57. The molecular formula is C19H25N3O2. The van der Waals surface area contributed by atoms with E-state index in [4.69, 9.17) is 4.74 Å². The van der Waals surface area contributed by atoms with Crippen LogP contribution in [-0.4, -0.2) is 54.2 Å². The summed E-state index contributed by atoms with van der Waals surface area (Å²) in [5, 5.41) is 4.00. The Morgan fingerprint density at radius 3 is 2.75 bits per heavy atom. The van der Waals surface area contributed by atoms with Crippen molar-refractivity contribution in [2.24, 2.45) is 0 Å². The molecule has 1 aromatic heterocycles. The summed E-state index contributed by atoms with van der Waals surface area (Å²) in [7, 11) is 0. The summed E-state index contributed by atoms with van der Waals surface area (Å²) in [6.07, 6.45) is 0.